The fourth-order valence-electron chi connectivity index (χ4n) is 5.48. The van der Waals surface area contributed by atoms with E-state index in [2.05, 4.69) is 37.6 Å². The smallest absolute Gasteiger partial charge is 0.227 e. The number of pyridine rings is 1. The van der Waals surface area contributed by atoms with Crippen LogP contribution in [0.2, 0.25) is 0 Å². The van der Waals surface area contributed by atoms with Gasteiger partial charge in [0.1, 0.15) is 5.69 Å². The maximum Gasteiger partial charge on any atom is 0.227 e. The summed E-state index contributed by atoms with van der Waals surface area (Å²) in [6, 6.07) is 10.1. The normalized spacial score (nSPS) is 14.8. The Hall–Kier alpha value is -4.85. The van der Waals surface area contributed by atoms with Crippen LogP contribution in [0.1, 0.15) is 45.1 Å². The molecule has 0 unspecified atom stereocenters. The van der Waals surface area contributed by atoms with Crippen molar-refractivity contribution in [2.75, 3.05) is 0 Å². The van der Waals surface area contributed by atoms with Crippen LogP contribution in [-0.2, 0) is 4.79 Å². The molecule has 1 amide bonds. The number of furan rings is 1. The van der Waals surface area contributed by atoms with Crippen LogP contribution in [0.25, 0.3) is 49.9 Å². The van der Waals surface area contributed by atoms with Gasteiger partial charge in [0.15, 0.2) is 0 Å². The van der Waals surface area contributed by atoms with Crippen molar-refractivity contribution in [1.29, 1.82) is 0 Å². The first-order chi connectivity index (χ1) is 19.5. The Morgan fingerprint density at radius 3 is 2.67 bits per heavy atom. The molecule has 4 heterocycles. The quantitative estimate of drug-likeness (QED) is 0.171. The molecule has 1 aromatic carbocycles. The molecule has 1 aliphatic rings. The summed E-state index contributed by atoms with van der Waals surface area (Å²) in [4.78, 5) is 20.8. The molecule has 0 spiro atoms. The van der Waals surface area contributed by atoms with Gasteiger partial charge >= 0.3 is 0 Å². The van der Waals surface area contributed by atoms with Crippen molar-refractivity contribution in [3.8, 4) is 22.5 Å². The van der Waals surface area contributed by atoms with E-state index in [9.17, 15) is 4.79 Å². The van der Waals surface area contributed by atoms with Crippen molar-refractivity contribution >= 4 is 33.3 Å². The summed E-state index contributed by atoms with van der Waals surface area (Å²) in [6.07, 6.45) is 16.6. The van der Waals surface area contributed by atoms with Gasteiger partial charge in [-0.15, -0.1) is 0 Å². The van der Waals surface area contributed by atoms with E-state index < -0.39 is 0 Å². The molecule has 1 aliphatic carbocycles. The number of nitrogens with one attached hydrogen (secondary N) is 3. The Kier molecular flexibility index (Phi) is 6.82. The molecule has 5 aromatic rings. The lowest BCUT2D eigenvalue weighted by atomic mass is 10.0. The van der Waals surface area contributed by atoms with Crippen molar-refractivity contribution in [2.24, 2.45) is 11.7 Å². The van der Waals surface area contributed by atoms with Crippen LogP contribution in [0.3, 0.4) is 0 Å². The van der Waals surface area contributed by atoms with E-state index in [4.69, 9.17) is 10.2 Å². The summed E-state index contributed by atoms with van der Waals surface area (Å²) >= 11 is 0. The number of nitrogens with two attached hydrogens (primary N) is 1. The van der Waals surface area contributed by atoms with E-state index in [0.717, 1.165) is 92.4 Å². The molecule has 5 N–H and O–H groups in total. The molecular weight excluding hydrogens is 500 g/mol. The molecule has 0 saturated heterocycles. The maximum atomic E-state index is 12.9. The van der Waals surface area contributed by atoms with E-state index in [-0.39, 0.29) is 11.8 Å². The van der Waals surface area contributed by atoms with E-state index >= 15 is 0 Å². The van der Waals surface area contributed by atoms with Gasteiger partial charge in [0.2, 0.25) is 5.91 Å². The van der Waals surface area contributed by atoms with E-state index in [1.807, 2.05) is 56.6 Å². The third-order valence-electron chi connectivity index (χ3n) is 7.46. The van der Waals surface area contributed by atoms with Crippen molar-refractivity contribution in [3.05, 3.63) is 90.4 Å². The zero-order valence-corrected chi connectivity index (χ0v) is 22.6. The number of nitrogens with zero attached hydrogens (tertiary/aromatic N) is 2. The number of hydrogen-bond donors (Lipinski definition) is 4. The minimum absolute atomic E-state index is 0.0737. The fraction of sp³-hybridized carbons (Fsp3) is 0.219. The zero-order valence-electron chi connectivity index (χ0n) is 22.6. The van der Waals surface area contributed by atoms with Gasteiger partial charge in [0.25, 0.3) is 0 Å². The number of aromatic amines is 2. The number of H-pyrrole nitrogens is 2. The van der Waals surface area contributed by atoms with Crippen LogP contribution in [0, 0.1) is 5.92 Å². The molecule has 1 fully saturated rings. The molecule has 8 nitrogen and oxygen atoms in total. The molecule has 0 bridgehead atoms. The van der Waals surface area contributed by atoms with Crippen LogP contribution >= 0.6 is 0 Å². The third-order valence-corrected chi connectivity index (χ3v) is 7.46. The second-order valence-corrected chi connectivity index (χ2v) is 10.6. The molecule has 4 aromatic heterocycles. The maximum absolute atomic E-state index is 12.9. The average Bonchev–Trinajstić information content (AvgIpc) is 3.76. The predicted molar refractivity (Wildman–Crippen MR) is 159 cm³/mol. The largest absolute Gasteiger partial charge is 0.472 e. The number of rotatable bonds is 7. The van der Waals surface area contributed by atoms with Crippen LogP contribution in [0.5, 0.6) is 0 Å². The van der Waals surface area contributed by atoms with Crippen molar-refractivity contribution < 1.29 is 9.21 Å². The highest BCUT2D eigenvalue weighted by molar-refractivity contribution is 6.01. The SMILES string of the molecule is CC(C)=C/C(=C\C(=C/N)c1ccc2[nH]nc(-c3cc4c(-c5ccoc5)cncc4[nH]3)c2c1)NC(=O)C1CCCC1. The summed E-state index contributed by atoms with van der Waals surface area (Å²) < 4.78 is 5.29. The van der Waals surface area contributed by atoms with Crippen molar-refractivity contribution in [3.63, 3.8) is 0 Å². The Bertz CT molecular complexity index is 1770. The van der Waals surface area contributed by atoms with Gasteiger partial charge in [-0.1, -0.05) is 24.5 Å². The molecule has 0 atom stereocenters. The topological polar surface area (TPSA) is 126 Å². The monoisotopic (exact) mass is 532 g/mol. The number of fused-ring (bicyclic) bond motifs is 2. The number of benzene rings is 1. The van der Waals surface area contributed by atoms with Crippen molar-refractivity contribution in [2.45, 2.75) is 39.5 Å². The minimum Gasteiger partial charge on any atom is -0.472 e. The highest BCUT2D eigenvalue weighted by atomic mass is 16.3. The summed E-state index contributed by atoms with van der Waals surface area (Å²) in [5.41, 5.74) is 15.1. The van der Waals surface area contributed by atoms with Crippen molar-refractivity contribution in [1.82, 2.24) is 25.5 Å². The van der Waals surface area contributed by atoms with Gasteiger partial charge in [0.05, 0.1) is 35.5 Å². The average molecular weight is 533 g/mol. The Morgan fingerprint density at radius 2 is 1.93 bits per heavy atom. The second kappa shape index (κ2) is 10.7. The number of allylic oxidation sites excluding steroid dienone is 4. The Balaban J connectivity index is 1.37. The first-order valence-corrected chi connectivity index (χ1v) is 13.6. The standard InChI is InChI=1S/C32H32N6O2/c1-19(2)11-24(35-32(39)20-5-3-4-6-20)12-23(15-33)21-7-8-28-26(13-21)31(38-37-28)29-14-25-27(22-9-10-40-18-22)16-34-17-30(25)36-29/h7-18,20,36H,3-6,33H2,1-2H3,(H,35,39)(H,37,38)/b23-15+,24-12+. The van der Waals surface area contributed by atoms with Gasteiger partial charge < -0.3 is 20.5 Å². The van der Waals surface area contributed by atoms with Gasteiger partial charge in [-0.05, 0) is 74.2 Å². The van der Waals surface area contributed by atoms with Gasteiger partial charge in [-0.3, -0.25) is 14.9 Å². The highest BCUT2D eigenvalue weighted by Gasteiger charge is 2.23. The molecule has 0 aliphatic heterocycles. The minimum atomic E-state index is 0.0737. The van der Waals surface area contributed by atoms with Crippen LogP contribution < -0.4 is 11.1 Å². The molecule has 202 valence electrons. The van der Waals surface area contributed by atoms with E-state index in [0.29, 0.717) is 0 Å². The Morgan fingerprint density at radius 1 is 1.07 bits per heavy atom. The Labute approximate surface area is 232 Å². The molecule has 1 saturated carbocycles. The number of aromatic nitrogens is 4. The molecular formula is C32H32N6O2. The third kappa shape index (κ3) is 4.96. The van der Waals surface area contributed by atoms with Gasteiger partial charge in [-0.25, -0.2) is 0 Å². The lowest BCUT2D eigenvalue weighted by Gasteiger charge is -2.13. The first-order valence-electron chi connectivity index (χ1n) is 13.6. The number of hydrogen-bond acceptors (Lipinski definition) is 5. The molecule has 0 radical (unpaired) electrons. The fourth-order valence-corrected chi connectivity index (χ4v) is 5.48. The van der Waals surface area contributed by atoms with Gasteiger partial charge in [0, 0.05) is 45.9 Å². The number of carbonyl (C=O) groups is 1. The van der Waals surface area contributed by atoms with Crippen LogP contribution in [0.4, 0.5) is 0 Å². The molecule has 8 heteroatoms. The molecule has 6 rings (SSSR count). The molecule has 40 heavy (non-hydrogen) atoms. The summed E-state index contributed by atoms with van der Waals surface area (Å²) in [6.45, 7) is 4.03. The predicted octanol–water partition coefficient (Wildman–Crippen LogP) is 6.82. The summed E-state index contributed by atoms with van der Waals surface area (Å²) in [5.74, 6) is 0.151. The lowest BCUT2D eigenvalue weighted by molar-refractivity contribution is -0.123. The van der Waals surface area contributed by atoms with Crippen LogP contribution in [0.15, 0.2) is 89.3 Å². The highest BCUT2D eigenvalue weighted by Crippen LogP contribution is 2.34. The van der Waals surface area contributed by atoms with E-state index in [1.54, 1.807) is 18.7 Å². The number of amides is 1. The first kappa shape index (κ1) is 25.4. The summed E-state index contributed by atoms with van der Waals surface area (Å²) in [5, 5.41) is 12.9. The lowest BCUT2D eigenvalue weighted by Crippen LogP contribution is -2.28. The van der Waals surface area contributed by atoms with E-state index in [1.165, 1.54) is 0 Å². The second-order valence-electron chi connectivity index (χ2n) is 10.6. The summed E-state index contributed by atoms with van der Waals surface area (Å²) in [7, 11) is 0. The van der Waals surface area contributed by atoms with Crippen LogP contribution in [-0.4, -0.2) is 26.1 Å². The van der Waals surface area contributed by atoms with Gasteiger partial charge in [-0.2, -0.15) is 5.10 Å². The zero-order chi connectivity index (χ0) is 27.6. The number of carbonyl (C=O) groups excluding carboxylic acids is 1.